The highest BCUT2D eigenvalue weighted by Crippen LogP contribution is 2.18. The van der Waals surface area contributed by atoms with Crippen LogP contribution in [0.2, 0.25) is 0 Å². The van der Waals surface area contributed by atoms with Gasteiger partial charge >= 0.3 is 5.97 Å². The van der Waals surface area contributed by atoms with Gasteiger partial charge in [0, 0.05) is 5.92 Å². The summed E-state index contributed by atoms with van der Waals surface area (Å²) in [5.41, 5.74) is 0. The van der Waals surface area contributed by atoms with Gasteiger partial charge in [-0.2, -0.15) is 0 Å². The van der Waals surface area contributed by atoms with Crippen molar-refractivity contribution in [2.24, 2.45) is 5.92 Å². The molecule has 0 fully saturated rings. The molecule has 0 aliphatic heterocycles. The molecule has 0 rings (SSSR count). The lowest BCUT2D eigenvalue weighted by atomic mass is 9.94. The Balaban J connectivity index is 3.49. The van der Waals surface area contributed by atoms with Crippen LogP contribution in [0.1, 0.15) is 90.4 Å². The van der Waals surface area contributed by atoms with Gasteiger partial charge in [-0.15, -0.1) is 0 Å². The van der Waals surface area contributed by atoms with Crippen molar-refractivity contribution >= 4 is 34.3 Å². The molecule has 0 saturated carbocycles. The number of hydrogen-bond donors (Lipinski definition) is 1. The molecular weight excluding hydrogens is 391 g/mol. The van der Waals surface area contributed by atoms with Crippen LogP contribution in [-0.4, -0.2) is 21.3 Å². The number of carboxylic acid groups (broad SMARTS) is 1. The monoisotopic (exact) mass is 424 g/mol. The Labute approximate surface area is 149 Å². The largest absolute Gasteiger partial charge is 0.481 e. The SMILES string of the molecule is CCCCCCCCCCCCCC(CC(=O)O)C(=O)CI. The molecule has 0 aromatic rings. The number of hydrogen-bond acceptors (Lipinski definition) is 2. The average Bonchev–Trinajstić information content (AvgIpc) is 2.50. The second-order valence-electron chi connectivity index (χ2n) is 6.22. The molecule has 4 heteroatoms. The summed E-state index contributed by atoms with van der Waals surface area (Å²) in [6.07, 6.45) is 14.8. The summed E-state index contributed by atoms with van der Waals surface area (Å²) in [5, 5.41) is 8.85. The topological polar surface area (TPSA) is 54.4 Å². The van der Waals surface area contributed by atoms with E-state index in [1.54, 1.807) is 0 Å². The molecule has 0 saturated heterocycles. The second kappa shape index (κ2) is 15.8. The van der Waals surface area contributed by atoms with Crippen molar-refractivity contribution in [1.82, 2.24) is 0 Å². The Bertz CT molecular complexity index is 292. The molecule has 0 radical (unpaired) electrons. The van der Waals surface area contributed by atoms with Gasteiger partial charge in [0.25, 0.3) is 0 Å². The standard InChI is InChI=1S/C18H33IO3/c1-2-3-4-5-6-7-8-9-10-11-12-13-16(14-18(21)22)17(20)15-19/h16H,2-15H2,1H3,(H,21,22). The van der Waals surface area contributed by atoms with Gasteiger partial charge in [0.2, 0.25) is 0 Å². The third-order valence-corrected chi connectivity index (χ3v) is 4.92. The molecule has 0 bridgehead atoms. The summed E-state index contributed by atoms with van der Waals surface area (Å²) in [5.74, 6) is -1.03. The van der Waals surface area contributed by atoms with Crippen molar-refractivity contribution in [3.8, 4) is 0 Å². The first-order valence-electron chi connectivity index (χ1n) is 8.92. The summed E-state index contributed by atoms with van der Waals surface area (Å²) in [4.78, 5) is 22.5. The molecular formula is C18H33IO3. The van der Waals surface area contributed by atoms with Crippen LogP contribution in [0.3, 0.4) is 0 Å². The molecule has 0 aliphatic rings. The van der Waals surface area contributed by atoms with E-state index in [9.17, 15) is 9.59 Å². The summed E-state index contributed by atoms with van der Waals surface area (Å²) in [6.45, 7) is 2.24. The zero-order valence-corrected chi connectivity index (χ0v) is 16.3. The van der Waals surface area contributed by atoms with Crippen LogP contribution < -0.4 is 0 Å². The van der Waals surface area contributed by atoms with E-state index in [4.69, 9.17) is 5.11 Å². The van der Waals surface area contributed by atoms with E-state index >= 15 is 0 Å². The predicted octanol–water partition coefficient (Wildman–Crippen LogP) is 5.78. The minimum Gasteiger partial charge on any atom is -0.481 e. The normalized spacial score (nSPS) is 12.3. The number of alkyl halides is 1. The zero-order chi connectivity index (χ0) is 16.6. The molecule has 130 valence electrons. The van der Waals surface area contributed by atoms with Crippen LogP contribution in [0.5, 0.6) is 0 Å². The van der Waals surface area contributed by atoms with Crippen molar-refractivity contribution in [3.05, 3.63) is 0 Å². The predicted molar refractivity (Wildman–Crippen MR) is 101 cm³/mol. The van der Waals surface area contributed by atoms with Gasteiger partial charge in [0.1, 0.15) is 5.78 Å². The fraction of sp³-hybridized carbons (Fsp3) is 0.889. The number of carbonyl (C=O) groups excluding carboxylic acids is 1. The molecule has 1 unspecified atom stereocenters. The van der Waals surface area contributed by atoms with E-state index in [2.05, 4.69) is 6.92 Å². The Hall–Kier alpha value is -0.130. The molecule has 1 atom stereocenters. The molecule has 22 heavy (non-hydrogen) atoms. The lowest BCUT2D eigenvalue weighted by molar-refractivity contribution is -0.140. The molecule has 0 spiro atoms. The van der Waals surface area contributed by atoms with Crippen molar-refractivity contribution in [2.45, 2.75) is 90.4 Å². The van der Waals surface area contributed by atoms with Gasteiger partial charge < -0.3 is 5.11 Å². The number of unbranched alkanes of at least 4 members (excludes halogenated alkanes) is 10. The van der Waals surface area contributed by atoms with E-state index in [1.165, 1.54) is 57.8 Å². The minimum atomic E-state index is -0.855. The fourth-order valence-electron chi connectivity index (χ4n) is 2.75. The third-order valence-electron chi connectivity index (χ3n) is 4.16. The molecule has 3 nitrogen and oxygen atoms in total. The van der Waals surface area contributed by atoms with Gasteiger partial charge in [-0.05, 0) is 6.42 Å². The zero-order valence-electron chi connectivity index (χ0n) is 14.1. The number of rotatable bonds is 16. The summed E-state index contributed by atoms with van der Waals surface area (Å²) in [7, 11) is 0. The maximum atomic E-state index is 11.7. The first-order chi connectivity index (χ1) is 10.6. The average molecular weight is 424 g/mol. The smallest absolute Gasteiger partial charge is 0.304 e. The Morgan fingerprint density at radius 2 is 1.32 bits per heavy atom. The van der Waals surface area contributed by atoms with Gasteiger partial charge in [0.05, 0.1) is 10.8 Å². The maximum absolute atomic E-state index is 11.7. The third kappa shape index (κ3) is 13.5. The molecule has 0 aromatic carbocycles. The maximum Gasteiger partial charge on any atom is 0.304 e. The highest BCUT2D eigenvalue weighted by molar-refractivity contribution is 14.1. The van der Waals surface area contributed by atoms with Gasteiger partial charge in [0.15, 0.2) is 0 Å². The van der Waals surface area contributed by atoms with E-state index in [-0.39, 0.29) is 18.1 Å². The number of carbonyl (C=O) groups is 2. The molecule has 0 aliphatic carbocycles. The highest BCUT2D eigenvalue weighted by atomic mass is 127. The number of carboxylic acids is 1. The first-order valence-corrected chi connectivity index (χ1v) is 10.4. The number of ketones is 1. The number of halogens is 1. The van der Waals surface area contributed by atoms with E-state index in [0.29, 0.717) is 4.43 Å². The van der Waals surface area contributed by atoms with Crippen molar-refractivity contribution in [2.75, 3.05) is 4.43 Å². The Morgan fingerprint density at radius 1 is 0.864 bits per heavy atom. The quantitative estimate of drug-likeness (QED) is 0.194. The first kappa shape index (κ1) is 21.9. The molecule has 1 N–H and O–H groups in total. The van der Waals surface area contributed by atoms with Crippen molar-refractivity contribution in [3.63, 3.8) is 0 Å². The van der Waals surface area contributed by atoms with Crippen LogP contribution in [0.25, 0.3) is 0 Å². The Morgan fingerprint density at radius 3 is 1.73 bits per heavy atom. The number of aliphatic carboxylic acids is 1. The van der Waals surface area contributed by atoms with Gasteiger partial charge in [-0.1, -0.05) is 100 Å². The highest BCUT2D eigenvalue weighted by Gasteiger charge is 2.19. The lowest BCUT2D eigenvalue weighted by Gasteiger charge is -2.12. The van der Waals surface area contributed by atoms with Crippen molar-refractivity contribution in [1.29, 1.82) is 0 Å². The number of Topliss-reactive ketones (excluding diaryl/α,β-unsaturated/α-hetero) is 1. The van der Waals surface area contributed by atoms with E-state index < -0.39 is 5.97 Å². The van der Waals surface area contributed by atoms with Crippen LogP contribution in [-0.2, 0) is 9.59 Å². The van der Waals surface area contributed by atoms with Crippen LogP contribution in [0.15, 0.2) is 0 Å². The fourth-order valence-corrected chi connectivity index (χ4v) is 3.37. The summed E-state index contributed by atoms with van der Waals surface area (Å²) >= 11 is 2.03. The summed E-state index contributed by atoms with van der Waals surface area (Å²) in [6, 6.07) is 0. The second-order valence-corrected chi connectivity index (χ2v) is 6.98. The molecule has 0 amide bonds. The van der Waals surface area contributed by atoms with Gasteiger partial charge in [-0.3, -0.25) is 9.59 Å². The minimum absolute atomic E-state index is 0.000402. The lowest BCUT2D eigenvalue weighted by Crippen LogP contribution is -2.19. The van der Waals surface area contributed by atoms with Crippen LogP contribution in [0, 0.1) is 5.92 Å². The summed E-state index contributed by atoms with van der Waals surface area (Å²) < 4.78 is 0.424. The van der Waals surface area contributed by atoms with Crippen LogP contribution >= 0.6 is 22.6 Å². The molecule has 0 aromatic heterocycles. The van der Waals surface area contributed by atoms with E-state index in [0.717, 1.165) is 19.3 Å². The van der Waals surface area contributed by atoms with Crippen LogP contribution in [0.4, 0.5) is 0 Å². The van der Waals surface area contributed by atoms with Crippen molar-refractivity contribution < 1.29 is 14.7 Å². The van der Waals surface area contributed by atoms with Gasteiger partial charge in [-0.25, -0.2) is 0 Å². The molecule has 0 heterocycles. The van der Waals surface area contributed by atoms with E-state index in [1.807, 2.05) is 22.6 Å². The Kier molecular flexibility index (Phi) is 15.7.